The Labute approximate surface area is 163 Å². The van der Waals surface area contributed by atoms with Crippen molar-refractivity contribution in [1.29, 1.82) is 0 Å². The van der Waals surface area contributed by atoms with Gasteiger partial charge in [-0.2, -0.15) is 4.99 Å². The van der Waals surface area contributed by atoms with E-state index in [2.05, 4.69) is 4.99 Å². The Morgan fingerprint density at radius 2 is 1.63 bits per heavy atom. The van der Waals surface area contributed by atoms with E-state index in [1.165, 1.54) is 11.8 Å². The number of amidine groups is 1. The summed E-state index contributed by atoms with van der Waals surface area (Å²) in [4.78, 5) is 18.8. The van der Waals surface area contributed by atoms with Crippen LogP contribution in [0.3, 0.4) is 0 Å². The summed E-state index contributed by atoms with van der Waals surface area (Å²) in [7, 11) is -3.03. The maximum absolute atomic E-state index is 12.5. The van der Waals surface area contributed by atoms with Gasteiger partial charge in [-0.25, -0.2) is 8.42 Å². The van der Waals surface area contributed by atoms with E-state index >= 15 is 0 Å². The second-order valence-electron chi connectivity index (χ2n) is 6.86. The first-order chi connectivity index (χ1) is 13.0. The molecular weight excluding hydrogens is 380 g/mol. The SMILES string of the molecule is O=C(Cc1ccccc1)N=C1S[C@H]2CS(=O)(=O)C[C@@H]2N1Cc1ccccc1. The van der Waals surface area contributed by atoms with Crippen LogP contribution in [-0.4, -0.2) is 47.2 Å². The fourth-order valence-corrected chi connectivity index (χ4v) is 7.49. The minimum atomic E-state index is -3.03. The smallest absolute Gasteiger partial charge is 0.252 e. The number of nitrogens with zero attached hydrogens (tertiary/aromatic N) is 2. The van der Waals surface area contributed by atoms with Gasteiger partial charge in [0.05, 0.1) is 24.0 Å². The number of benzene rings is 2. The molecule has 1 amide bonds. The molecule has 0 saturated carbocycles. The third-order valence-electron chi connectivity index (χ3n) is 4.79. The summed E-state index contributed by atoms with van der Waals surface area (Å²) in [5, 5.41) is 0.590. The Hall–Kier alpha value is -2.12. The Bertz CT molecular complexity index is 959. The van der Waals surface area contributed by atoms with Crippen LogP contribution in [0.1, 0.15) is 11.1 Å². The molecule has 140 valence electrons. The summed E-state index contributed by atoms with van der Waals surface area (Å²) in [6.07, 6.45) is 0.248. The molecule has 2 aliphatic heterocycles. The fraction of sp³-hybridized carbons (Fsp3) is 0.300. The van der Waals surface area contributed by atoms with E-state index in [1.54, 1.807) is 0 Å². The quantitative estimate of drug-likeness (QED) is 0.789. The summed E-state index contributed by atoms with van der Waals surface area (Å²) in [5.74, 6) is 0.0766. The summed E-state index contributed by atoms with van der Waals surface area (Å²) in [6.45, 7) is 0.558. The van der Waals surface area contributed by atoms with E-state index < -0.39 is 9.84 Å². The summed E-state index contributed by atoms with van der Waals surface area (Å²) >= 11 is 1.43. The highest BCUT2D eigenvalue weighted by molar-refractivity contribution is 8.15. The minimum Gasteiger partial charge on any atom is -0.342 e. The Kier molecular flexibility index (Phi) is 5.06. The number of carbonyl (C=O) groups excluding carboxylic acids is 1. The van der Waals surface area contributed by atoms with Crippen LogP contribution in [0.5, 0.6) is 0 Å². The van der Waals surface area contributed by atoms with Crippen molar-refractivity contribution in [2.24, 2.45) is 4.99 Å². The monoisotopic (exact) mass is 400 g/mol. The highest BCUT2D eigenvalue weighted by Gasteiger charge is 2.48. The molecule has 0 radical (unpaired) electrons. The molecule has 0 aliphatic carbocycles. The molecule has 0 bridgehead atoms. The van der Waals surface area contributed by atoms with Crippen LogP contribution in [0.2, 0.25) is 0 Å². The first-order valence-electron chi connectivity index (χ1n) is 8.83. The predicted octanol–water partition coefficient (Wildman–Crippen LogP) is 2.53. The van der Waals surface area contributed by atoms with E-state index in [-0.39, 0.29) is 35.1 Å². The van der Waals surface area contributed by atoms with Crippen LogP contribution >= 0.6 is 11.8 Å². The van der Waals surface area contributed by atoms with E-state index in [4.69, 9.17) is 0 Å². The van der Waals surface area contributed by atoms with Crippen molar-refractivity contribution in [1.82, 2.24) is 4.90 Å². The average Bonchev–Trinajstić information content (AvgIpc) is 3.09. The summed E-state index contributed by atoms with van der Waals surface area (Å²) in [6, 6.07) is 19.3. The molecule has 0 aromatic heterocycles. The van der Waals surface area contributed by atoms with Crippen molar-refractivity contribution in [3.63, 3.8) is 0 Å². The summed E-state index contributed by atoms with van der Waals surface area (Å²) < 4.78 is 24.1. The van der Waals surface area contributed by atoms with E-state index in [9.17, 15) is 13.2 Å². The molecular formula is C20H20N2O3S2. The maximum atomic E-state index is 12.5. The molecule has 0 N–H and O–H groups in total. The lowest BCUT2D eigenvalue weighted by atomic mass is 10.1. The molecule has 2 aromatic carbocycles. The van der Waals surface area contributed by atoms with E-state index in [1.807, 2.05) is 65.6 Å². The molecule has 4 rings (SSSR count). The number of thioether (sulfide) groups is 1. The average molecular weight is 401 g/mol. The second-order valence-corrected chi connectivity index (χ2v) is 10.2. The number of hydrogen-bond donors (Lipinski definition) is 0. The van der Waals surface area contributed by atoms with Crippen LogP contribution in [-0.2, 0) is 27.6 Å². The lowest BCUT2D eigenvalue weighted by Crippen LogP contribution is -2.37. The largest absolute Gasteiger partial charge is 0.342 e. The normalized spacial score (nSPS) is 24.9. The minimum absolute atomic E-state index is 0.0537. The first-order valence-corrected chi connectivity index (χ1v) is 11.5. The van der Waals surface area contributed by atoms with Crippen molar-refractivity contribution in [2.45, 2.75) is 24.3 Å². The van der Waals surface area contributed by atoms with Gasteiger partial charge >= 0.3 is 0 Å². The van der Waals surface area contributed by atoms with Crippen molar-refractivity contribution < 1.29 is 13.2 Å². The van der Waals surface area contributed by atoms with Gasteiger partial charge in [-0.05, 0) is 11.1 Å². The highest BCUT2D eigenvalue weighted by atomic mass is 32.2. The molecule has 2 heterocycles. The topological polar surface area (TPSA) is 66.8 Å². The molecule has 7 heteroatoms. The van der Waals surface area contributed by atoms with E-state index in [0.29, 0.717) is 11.7 Å². The van der Waals surface area contributed by atoms with Crippen LogP contribution in [0.25, 0.3) is 0 Å². The van der Waals surface area contributed by atoms with Gasteiger partial charge in [-0.1, -0.05) is 72.4 Å². The molecule has 2 atom stereocenters. The number of rotatable bonds is 4. The van der Waals surface area contributed by atoms with Gasteiger partial charge in [-0.15, -0.1) is 0 Å². The fourth-order valence-electron chi connectivity index (χ4n) is 3.52. The number of sulfone groups is 1. The predicted molar refractivity (Wildman–Crippen MR) is 108 cm³/mol. The second kappa shape index (κ2) is 7.48. The summed E-state index contributed by atoms with van der Waals surface area (Å²) in [5.41, 5.74) is 2.00. The van der Waals surface area contributed by atoms with Gasteiger partial charge in [0.25, 0.3) is 5.91 Å². The lowest BCUT2D eigenvalue weighted by Gasteiger charge is -2.24. The standard InChI is InChI=1S/C20H20N2O3S2/c23-19(11-15-7-3-1-4-8-15)21-20-22(12-16-9-5-2-6-10-16)17-13-27(24,25)14-18(17)26-20/h1-10,17-18H,11-14H2/t17-,18-/m0/s1. The number of aliphatic imine (C=N–C) groups is 1. The Balaban J connectivity index is 1.57. The first kappa shape index (κ1) is 18.3. The molecule has 2 aliphatic rings. The number of fused-ring (bicyclic) bond motifs is 1. The Morgan fingerprint density at radius 3 is 2.30 bits per heavy atom. The van der Waals surface area contributed by atoms with Crippen LogP contribution < -0.4 is 0 Å². The van der Waals surface area contributed by atoms with E-state index in [0.717, 1.165) is 11.1 Å². The number of hydrogen-bond acceptors (Lipinski definition) is 4. The highest BCUT2D eigenvalue weighted by Crippen LogP contribution is 2.39. The molecule has 0 unspecified atom stereocenters. The lowest BCUT2D eigenvalue weighted by molar-refractivity contribution is -0.117. The number of carbonyl (C=O) groups is 1. The van der Waals surface area contributed by atoms with Crippen LogP contribution in [0, 0.1) is 0 Å². The third kappa shape index (κ3) is 4.25. The van der Waals surface area contributed by atoms with Crippen molar-refractivity contribution in [3.05, 3.63) is 71.8 Å². The van der Waals surface area contributed by atoms with Gasteiger partial charge < -0.3 is 4.90 Å². The third-order valence-corrected chi connectivity index (χ3v) is 8.04. The molecule has 27 heavy (non-hydrogen) atoms. The molecule has 0 spiro atoms. The number of amides is 1. The maximum Gasteiger partial charge on any atom is 0.252 e. The van der Waals surface area contributed by atoms with Gasteiger partial charge in [0.1, 0.15) is 0 Å². The molecule has 2 fully saturated rings. The van der Waals surface area contributed by atoms with Gasteiger partial charge in [0.2, 0.25) is 0 Å². The molecule has 5 nitrogen and oxygen atoms in total. The van der Waals surface area contributed by atoms with Crippen molar-refractivity contribution in [2.75, 3.05) is 11.5 Å². The zero-order valence-electron chi connectivity index (χ0n) is 14.7. The van der Waals surface area contributed by atoms with Crippen LogP contribution in [0.4, 0.5) is 0 Å². The molecule has 2 saturated heterocycles. The van der Waals surface area contributed by atoms with Gasteiger partial charge in [0.15, 0.2) is 15.0 Å². The zero-order valence-corrected chi connectivity index (χ0v) is 16.3. The zero-order chi connectivity index (χ0) is 18.9. The van der Waals surface area contributed by atoms with Gasteiger partial charge in [0, 0.05) is 11.8 Å². The van der Waals surface area contributed by atoms with Gasteiger partial charge in [-0.3, -0.25) is 4.79 Å². The van der Waals surface area contributed by atoms with Crippen molar-refractivity contribution >= 4 is 32.7 Å². The van der Waals surface area contributed by atoms with Crippen molar-refractivity contribution in [3.8, 4) is 0 Å². The van der Waals surface area contributed by atoms with Crippen LogP contribution in [0.15, 0.2) is 65.7 Å². The molecule has 2 aromatic rings. The Morgan fingerprint density at radius 1 is 1.00 bits per heavy atom.